The fraction of sp³-hybridized carbons (Fsp3) is 0.240. The van der Waals surface area contributed by atoms with E-state index in [2.05, 4.69) is 103 Å². The fourth-order valence-electron chi connectivity index (χ4n) is 3.46. The Balaban J connectivity index is 1.85. The third-order valence-corrected chi connectivity index (χ3v) is 6.47. The van der Waals surface area contributed by atoms with Gasteiger partial charge in [-0.15, -0.1) is 11.8 Å². The predicted molar refractivity (Wildman–Crippen MR) is 120 cm³/mol. The first kappa shape index (κ1) is 18.8. The van der Waals surface area contributed by atoms with Gasteiger partial charge in [0.25, 0.3) is 0 Å². The van der Waals surface area contributed by atoms with E-state index in [-0.39, 0.29) is 5.25 Å². The van der Waals surface area contributed by atoms with Gasteiger partial charge in [-0.3, -0.25) is 0 Å². The average Bonchev–Trinajstić information content (AvgIpc) is 3.11. The molecule has 1 heterocycles. The Morgan fingerprint density at radius 1 is 0.857 bits per heavy atom. The Bertz CT molecular complexity index is 1020. The lowest BCUT2D eigenvalue weighted by molar-refractivity contribution is 0.467. The highest BCUT2D eigenvalue weighted by atomic mass is 32.2. The van der Waals surface area contributed by atoms with E-state index < -0.39 is 0 Å². The fourth-order valence-corrected chi connectivity index (χ4v) is 4.62. The first-order valence-electron chi connectivity index (χ1n) is 9.98. The van der Waals surface area contributed by atoms with E-state index in [4.69, 9.17) is 4.98 Å². The molecule has 142 valence electrons. The molecule has 0 aliphatic rings. The number of thioether (sulfide) groups is 1. The zero-order valence-corrected chi connectivity index (χ0v) is 17.3. The maximum Gasteiger partial charge on any atom is 0.127 e. The Morgan fingerprint density at radius 2 is 1.50 bits per heavy atom. The summed E-state index contributed by atoms with van der Waals surface area (Å²) in [5.41, 5.74) is 3.60. The summed E-state index contributed by atoms with van der Waals surface area (Å²) >= 11 is 1.88. The topological polar surface area (TPSA) is 17.8 Å². The van der Waals surface area contributed by atoms with Crippen LogP contribution >= 0.6 is 11.8 Å². The Kier molecular flexibility index (Phi) is 5.82. The Morgan fingerprint density at radius 3 is 2.21 bits per heavy atom. The SMILES string of the molecule is CCC(C)Cn1c(C(Sc2ccccc2)c2ccccc2)nc2ccccc21. The molecule has 4 rings (SSSR count). The number of rotatable bonds is 7. The number of aromatic nitrogens is 2. The summed E-state index contributed by atoms with van der Waals surface area (Å²) in [4.78, 5) is 6.38. The third-order valence-electron chi connectivity index (χ3n) is 5.21. The highest BCUT2D eigenvalue weighted by molar-refractivity contribution is 7.99. The molecular weight excluding hydrogens is 360 g/mol. The molecule has 0 bridgehead atoms. The van der Waals surface area contributed by atoms with Crippen LogP contribution in [-0.4, -0.2) is 9.55 Å². The van der Waals surface area contributed by atoms with Crippen LogP contribution in [0.3, 0.4) is 0 Å². The highest BCUT2D eigenvalue weighted by Crippen LogP contribution is 2.41. The van der Waals surface area contributed by atoms with Crippen molar-refractivity contribution in [2.45, 2.75) is 37.0 Å². The first-order chi connectivity index (χ1) is 13.8. The van der Waals surface area contributed by atoms with Crippen LogP contribution in [0, 0.1) is 5.92 Å². The van der Waals surface area contributed by atoms with Gasteiger partial charge < -0.3 is 4.57 Å². The van der Waals surface area contributed by atoms with Crippen LogP contribution < -0.4 is 0 Å². The van der Waals surface area contributed by atoms with Gasteiger partial charge >= 0.3 is 0 Å². The van der Waals surface area contributed by atoms with Crippen molar-refractivity contribution in [3.63, 3.8) is 0 Å². The number of hydrogen-bond acceptors (Lipinski definition) is 2. The lowest BCUT2D eigenvalue weighted by Crippen LogP contribution is -2.13. The zero-order valence-electron chi connectivity index (χ0n) is 16.5. The zero-order chi connectivity index (χ0) is 19.3. The van der Waals surface area contributed by atoms with E-state index in [0.717, 1.165) is 24.3 Å². The minimum absolute atomic E-state index is 0.153. The predicted octanol–water partition coefficient (Wildman–Crippen LogP) is 6.96. The molecule has 0 N–H and O–H groups in total. The second-order valence-electron chi connectivity index (χ2n) is 7.30. The highest BCUT2D eigenvalue weighted by Gasteiger charge is 2.23. The van der Waals surface area contributed by atoms with Crippen molar-refractivity contribution in [2.75, 3.05) is 0 Å². The summed E-state index contributed by atoms with van der Waals surface area (Å²) in [6.45, 7) is 5.57. The van der Waals surface area contributed by atoms with Gasteiger partial charge in [0.2, 0.25) is 0 Å². The summed E-state index contributed by atoms with van der Waals surface area (Å²) < 4.78 is 2.44. The summed E-state index contributed by atoms with van der Waals surface area (Å²) in [6, 6.07) is 29.9. The van der Waals surface area contributed by atoms with E-state index in [1.54, 1.807) is 0 Å². The molecule has 3 aromatic carbocycles. The van der Waals surface area contributed by atoms with Crippen LogP contribution in [-0.2, 0) is 6.54 Å². The van der Waals surface area contributed by atoms with Crippen molar-refractivity contribution in [3.8, 4) is 0 Å². The van der Waals surface area contributed by atoms with Gasteiger partial charge in [0.15, 0.2) is 0 Å². The maximum absolute atomic E-state index is 5.12. The molecule has 0 radical (unpaired) electrons. The van der Waals surface area contributed by atoms with Crippen LogP contribution in [0.25, 0.3) is 11.0 Å². The molecule has 0 amide bonds. The number of nitrogens with zero attached hydrogens (tertiary/aromatic N) is 2. The quantitative estimate of drug-likeness (QED) is 0.319. The molecule has 0 fully saturated rings. The van der Waals surface area contributed by atoms with Crippen LogP contribution in [0.2, 0.25) is 0 Å². The van der Waals surface area contributed by atoms with E-state index in [0.29, 0.717) is 5.92 Å². The van der Waals surface area contributed by atoms with Crippen molar-refractivity contribution in [1.29, 1.82) is 0 Å². The largest absolute Gasteiger partial charge is 0.326 e. The Hall–Kier alpha value is -2.52. The van der Waals surface area contributed by atoms with Crippen LogP contribution in [0.1, 0.15) is 36.9 Å². The van der Waals surface area contributed by atoms with Gasteiger partial charge in [-0.1, -0.05) is 80.9 Å². The monoisotopic (exact) mass is 386 g/mol. The molecule has 2 unspecified atom stereocenters. The van der Waals surface area contributed by atoms with Crippen molar-refractivity contribution in [2.24, 2.45) is 5.92 Å². The van der Waals surface area contributed by atoms with Gasteiger partial charge in [0.05, 0.1) is 16.3 Å². The van der Waals surface area contributed by atoms with Crippen molar-refractivity contribution >= 4 is 22.8 Å². The van der Waals surface area contributed by atoms with Gasteiger partial charge in [0, 0.05) is 11.4 Å². The van der Waals surface area contributed by atoms with Gasteiger partial charge in [0.1, 0.15) is 5.82 Å². The maximum atomic E-state index is 5.12. The molecule has 0 aliphatic heterocycles. The lowest BCUT2D eigenvalue weighted by atomic mass is 10.1. The first-order valence-corrected chi connectivity index (χ1v) is 10.9. The second-order valence-corrected chi connectivity index (χ2v) is 8.48. The summed E-state index contributed by atoms with van der Waals surface area (Å²) in [5, 5.41) is 0.153. The van der Waals surface area contributed by atoms with E-state index >= 15 is 0 Å². The van der Waals surface area contributed by atoms with Crippen molar-refractivity contribution < 1.29 is 0 Å². The number of hydrogen-bond donors (Lipinski definition) is 0. The molecule has 0 saturated heterocycles. The summed E-state index contributed by atoms with van der Waals surface area (Å²) in [5.74, 6) is 1.75. The molecule has 4 aromatic rings. The van der Waals surface area contributed by atoms with Gasteiger partial charge in [-0.25, -0.2) is 4.98 Å². The number of para-hydroxylation sites is 2. The smallest absolute Gasteiger partial charge is 0.127 e. The average molecular weight is 387 g/mol. The van der Waals surface area contributed by atoms with E-state index in [1.807, 2.05) is 11.8 Å². The molecule has 2 nitrogen and oxygen atoms in total. The van der Waals surface area contributed by atoms with E-state index in [9.17, 15) is 0 Å². The molecule has 0 aliphatic carbocycles. The van der Waals surface area contributed by atoms with E-state index in [1.165, 1.54) is 16.0 Å². The number of imidazole rings is 1. The molecule has 0 spiro atoms. The normalized spacial score (nSPS) is 13.5. The minimum Gasteiger partial charge on any atom is -0.326 e. The number of benzene rings is 3. The standard InChI is InChI=1S/C25H26N2S/c1-3-19(2)18-27-23-17-11-10-16-22(23)26-25(27)24(20-12-6-4-7-13-20)28-21-14-8-5-9-15-21/h4-17,19,24H,3,18H2,1-2H3. The van der Waals surface area contributed by atoms with Crippen molar-refractivity contribution in [3.05, 3.63) is 96.3 Å². The summed E-state index contributed by atoms with van der Waals surface area (Å²) in [7, 11) is 0. The number of fused-ring (bicyclic) bond motifs is 1. The molecule has 1 aromatic heterocycles. The van der Waals surface area contributed by atoms with Crippen LogP contribution in [0.5, 0.6) is 0 Å². The lowest BCUT2D eigenvalue weighted by Gasteiger charge is -2.21. The summed E-state index contributed by atoms with van der Waals surface area (Å²) in [6.07, 6.45) is 1.16. The minimum atomic E-state index is 0.153. The molecule has 2 atom stereocenters. The van der Waals surface area contributed by atoms with Crippen molar-refractivity contribution in [1.82, 2.24) is 9.55 Å². The molecule has 28 heavy (non-hydrogen) atoms. The third kappa shape index (κ3) is 4.00. The van der Waals surface area contributed by atoms with Crippen LogP contribution in [0.4, 0.5) is 0 Å². The van der Waals surface area contributed by atoms with Crippen LogP contribution in [0.15, 0.2) is 89.8 Å². The second kappa shape index (κ2) is 8.66. The van der Waals surface area contributed by atoms with Gasteiger partial charge in [-0.2, -0.15) is 0 Å². The molecule has 0 saturated carbocycles. The Labute approximate surface area is 171 Å². The molecule has 3 heteroatoms. The van der Waals surface area contributed by atoms with Gasteiger partial charge in [-0.05, 0) is 35.7 Å². The molecular formula is C25H26N2S.